The number of carbonyl (C=O) groups excluding carboxylic acids is 1. The Hall–Kier alpha value is -1.75. The number of nitrogens with one attached hydrogen (secondary N) is 2. The molecule has 0 saturated carbocycles. The quantitative estimate of drug-likeness (QED) is 0.596. The van der Waals surface area contributed by atoms with Gasteiger partial charge in [0.1, 0.15) is 0 Å². The summed E-state index contributed by atoms with van der Waals surface area (Å²) in [6, 6.07) is 10.2. The van der Waals surface area contributed by atoms with Crippen molar-refractivity contribution in [2.24, 2.45) is 5.84 Å². The molecule has 0 aliphatic carbocycles. The Kier molecular flexibility index (Phi) is 4.49. The Bertz CT molecular complexity index is 639. The van der Waals surface area contributed by atoms with Crippen LogP contribution in [0, 0.1) is 6.92 Å². The van der Waals surface area contributed by atoms with E-state index in [4.69, 9.17) is 29.0 Å². The smallest absolute Gasteiger partial charge is 0.256 e. The summed E-state index contributed by atoms with van der Waals surface area (Å²) < 4.78 is 0. The van der Waals surface area contributed by atoms with Gasteiger partial charge in [0.2, 0.25) is 0 Å². The zero-order chi connectivity index (χ0) is 14.7. The zero-order valence-electron chi connectivity index (χ0n) is 10.7. The van der Waals surface area contributed by atoms with E-state index in [1.54, 1.807) is 36.4 Å². The highest BCUT2D eigenvalue weighted by atomic mass is 35.5. The van der Waals surface area contributed by atoms with Gasteiger partial charge in [-0.25, -0.2) is 0 Å². The third-order valence-corrected chi connectivity index (χ3v) is 3.47. The number of nitrogen functional groups attached to an aromatic ring is 1. The molecule has 0 spiro atoms. The van der Waals surface area contributed by atoms with Crippen LogP contribution in [0.5, 0.6) is 0 Å². The van der Waals surface area contributed by atoms with Gasteiger partial charge in [-0.05, 0) is 42.8 Å². The summed E-state index contributed by atoms with van der Waals surface area (Å²) in [7, 11) is 0. The number of aryl methyl sites for hydroxylation is 1. The standard InChI is InChI=1S/C14H13Cl2N3O/c1-8-7-9(19-17)5-6-10(8)14(20)18-13-11(15)3-2-4-12(13)16/h2-7,19H,17H2,1H3,(H,18,20). The van der Waals surface area contributed by atoms with Crippen molar-refractivity contribution in [3.8, 4) is 0 Å². The average molecular weight is 310 g/mol. The summed E-state index contributed by atoms with van der Waals surface area (Å²) in [6.45, 7) is 1.82. The van der Waals surface area contributed by atoms with E-state index in [9.17, 15) is 4.79 Å². The van der Waals surface area contributed by atoms with Crippen LogP contribution in [-0.4, -0.2) is 5.91 Å². The van der Waals surface area contributed by atoms with Crippen LogP contribution in [0.4, 0.5) is 11.4 Å². The van der Waals surface area contributed by atoms with Crippen molar-refractivity contribution in [1.29, 1.82) is 0 Å². The fourth-order valence-corrected chi connectivity index (χ4v) is 2.30. The molecule has 104 valence electrons. The molecule has 0 saturated heterocycles. The third-order valence-electron chi connectivity index (χ3n) is 2.84. The normalized spacial score (nSPS) is 10.2. The molecular weight excluding hydrogens is 297 g/mol. The first-order valence-corrected chi connectivity index (χ1v) is 6.61. The van der Waals surface area contributed by atoms with E-state index in [0.717, 1.165) is 11.3 Å². The molecule has 0 heterocycles. The predicted molar refractivity (Wildman–Crippen MR) is 83.4 cm³/mol. The van der Waals surface area contributed by atoms with Crippen LogP contribution >= 0.6 is 23.2 Å². The Balaban J connectivity index is 2.29. The molecule has 0 radical (unpaired) electrons. The Morgan fingerprint density at radius 3 is 2.35 bits per heavy atom. The van der Waals surface area contributed by atoms with Crippen LogP contribution in [0.1, 0.15) is 15.9 Å². The number of amides is 1. The van der Waals surface area contributed by atoms with Crippen LogP contribution < -0.4 is 16.6 Å². The third kappa shape index (κ3) is 3.04. The number of hydrogen-bond donors (Lipinski definition) is 3. The number of nitrogens with two attached hydrogens (primary N) is 1. The summed E-state index contributed by atoms with van der Waals surface area (Å²) >= 11 is 12.0. The fourth-order valence-electron chi connectivity index (χ4n) is 1.81. The second-order valence-corrected chi connectivity index (χ2v) is 5.04. The summed E-state index contributed by atoms with van der Waals surface area (Å²) in [5.74, 6) is 5.05. The van der Waals surface area contributed by atoms with Crippen LogP contribution in [0.25, 0.3) is 0 Å². The lowest BCUT2D eigenvalue weighted by molar-refractivity contribution is 0.102. The minimum absolute atomic E-state index is 0.277. The summed E-state index contributed by atoms with van der Waals surface area (Å²) in [4.78, 5) is 12.3. The van der Waals surface area contributed by atoms with Gasteiger partial charge in [0.05, 0.1) is 15.7 Å². The fraction of sp³-hybridized carbons (Fsp3) is 0.0714. The Morgan fingerprint density at radius 1 is 1.15 bits per heavy atom. The van der Waals surface area contributed by atoms with Gasteiger partial charge in [-0.2, -0.15) is 0 Å². The molecule has 2 aromatic rings. The lowest BCUT2D eigenvalue weighted by Crippen LogP contribution is -2.15. The molecule has 20 heavy (non-hydrogen) atoms. The summed E-state index contributed by atoms with van der Waals surface area (Å²) in [6.07, 6.45) is 0. The molecule has 0 unspecified atom stereocenters. The maximum atomic E-state index is 12.3. The first-order valence-electron chi connectivity index (χ1n) is 5.85. The van der Waals surface area contributed by atoms with E-state index >= 15 is 0 Å². The molecule has 4 N–H and O–H groups in total. The van der Waals surface area contributed by atoms with Crippen molar-refractivity contribution in [2.45, 2.75) is 6.92 Å². The average Bonchev–Trinajstić information content (AvgIpc) is 2.42. The van der Waals surface area contributed by atoms with Crippen LogP contribution in [0.3, 0.4) is 0 Å². The molecule has 0 aromatic heterocycles. The maximum Gasteiger partial charge on any atom is 0.256 e. The van der Waals surface area contributed by atoms with Gasteiger partial charge < -0.3 is 10.7 Å². The van der Waals surface area contributed by atoms with E-state index in [0.29, 0.717) is 21.3 Å². The number of rotatable bonds is 3. The van der Waals surface area contributed by atoms with Gasteiger partial charge in [-0.1, -0.05) is 29.3 Å². The molecule has 0 aliphatic rings. The first kappa shape index (κ1) is 14.7. The molecule has 0 bridgehead atoms. The highest BCUT2D eigenvalue weighted by Crippen LogP contribution is 2.30. The minimum atomic E-state index is -0.277. The molecule has 2 aromatic carbocycles. The van der Waals surface area contributed by atoms with Crippen molar-refractivity contribution < 1.29 is 4.79 Å². The molecule has 6 heteroatoms. The van der Waals surface area contributed by atoms with Crippen molar-refractivity contribution in [3.05, 3.63) is 57.6 Å². The summed E-state index contributed by atoms with van der Waals surface area (Å²) in [5, 5.41) is 3.50. The van der Waals surface area contributed by atoms with E-state index < -0.39 is 0 Å². The number of para-hydroxylation sites is 1. The number of halogens is 2. The van der Waals surface area contributed by atoms with Crippen molar-refractivity contribution in [3.63, 3.8) is 0 Å². The number of hydrazine groups is 1. The van der Waals surface area contributed by atoms with E-state index in [2.05, 4.69) is 10.7 Å². The van der Waals surface area contributed by atoms with Crippen LogP contribution in [0.15, 0.2) is 36.4 Å². The van der Waals surface area contributed by atoms with Crippen LogP contribution in [-0.2, 0) is 0 Å². The molecule has 1 amide bonds. The molecule has 4 nitrogen and oxygen atoms in total. The first-order chi connectivity index (χ1) is 9.52. The second kappa shape index (κ2) is 6.13. The predicted octanol–water partition coefficient (Wildman–Crippen LogP) is 3.84. The number of hydrogen-bond acceptors (Lipinski definition) is 3. The Labute approximate surface area is 126 Å². The van der Waals surface area contributed by atoms with Gasteiger partial charge in [-0.15, -0.1) is 0 Å². The second-order valence-electron chi connectivity index (χ2n) is 4.22. The van der Waals surface area contributed by atoms with Gasteiger partial charge in [0.15, 0.2) is 0 Å². The highest BCUT2D eigenvalue weighted by Gasteiger charge is 2.13. The highest BCUT2D eigenvalue weighted by molar-refractivity contribution is 6.40. The maximum absolute atomic E-state index is 12.3. The Morgan fingerprint density at radius 2 is 1.80 bits per heavy atom. The van der Waals surface area contributed by atoms with E-state index in [-0.39, 0.29) is 5.91 Å². The van der Waals surface area contributed by atoms with Gasteiger partial charge in [0.25, 0.3) is 5.91 Å². The molecule has 0 aliphatic heterocycles. The van der Waals surface area contributed by atoms with Crippen LogP contribution in [0.2, 0.25) is 10.0 Å². The molecule has 2 rings (SSSR count). The van der Waals surface area contributed by atoms with Gasteiger partial charge >= 0.3 is 0 Å². The topological polar surface area (TPSA) is 67.1 Å². The molecular formula is C14H13Cl2N3O. The van der Waals surface area contributed by atoms with Crippen molar-refractivity contribution in [1.82, 2.24) is 0 Å². The largest absolute Gasteiger partial charge is 0.324 e. The molecule has 0 fully saturated rings. The number of benzene rings is 2. The van der Waals surface area contributed by atoms with Gasteiger partial charge in [-0.3, -0.25) is 10.6 Å². The number of carbonyl (C=O) groups is 1. The number of anilines is 2. The lowest BCUT2D eigenvalue weighted by Gasteiger charge is -2.11. The van der Waals surface area contributed by atoms with E-state index in [1.165, 1.54) is 0 Å². The molecule has 0 atom stereocenters. The lowest BCUT2D eigenvalue weighted by atomic mass is 10.1. The SMILES string of the molecule is Cc1cc(NN)ccc1C(=O)Nc1c(Cl)cccc1Cl. The van der Waals surface area contributed by atoms with Gasteiger partial charge in [0, 0.05) is 11.3 Å². The monoisotopic (exact) mass is 309 g/mol. The van der Waals surface area contributed by atoms with E-state index in [1.807, 2.05) is 6.92 Å². The van der Waals surface area contributed by atoms with Crippen molar-refractivity contribution in [2.75, 3.05) is 10.7 Å². The minimum Gasteiger partial charge on any atom is -0.324 e. The van der Waals surface area contributed by atoms with Crippen molar-refractivity contribution >= 4 is 40.5 Å². The zero-order valence-corrected chi connectivity index (χ0v) is 12.2. The summed E-state index contributed by atoms with van der Waals surface area (Å²) in [5.41, 5.74) is 4.98.